The average Bonchev–Trinajstić information content (AvgIpc) is 2.69. The lowest BCUT2D eigenvalue weighted by molar-refractivity contribution is 0.563. The van der Waals surface area contributed by atoms with E-state index in [1.165, 1.54) is 11.3 Å². The van der Waals surface area contributed by atoms with Crippen molar-refractivity contribution in [1.29, 1.82) is 0 Å². The SMILES string of the molecule is Cc1c(C(C)NCc2ccncn2)cnn1C. The number of hydrogen-bond acceptors (Lipinski definition) is 4. The van der Waals surface area contributed by atoms with Gasteiger partial charge in [-0.1, -0.05) is 0 Å². The third-order valence-corrected chi connectivity index (χ3v) is 2.97. The summed E-state index contributed by atoms with van der Waals surface area (Å²) in [7, 11) is 1.95. The second kappa shape index (κ2) is 5.05. The molecule has 0 saturated heterocycles. The first-order chi connectivity index (χ1) is 8.18. The third kappa shape index (κ3) is 2.68. The second-order valence-electron chi connectivity index (χ2n) is 4.11. The average molecular weight is 231 g/mol. The lowest BCUT2D eigenvalue weighted by atomic mass is 10.1. The molecule has 5 nitrogen and oxygen atoms in total. The molecule has 0 amide bonds. The van der Waals surface area contributed by atoms with Crippen LogP contribution in [-0.4, -0.2) is 19.7 Å². The summed E-state index contributed by atoms with van der Waals surface area (Å²) in [6, 6.07) is 2.18. The molecule has 2 rings (SSSR count). The maximum absolute atomic E-state index is 4.24. The molecule has 90 valence electrons. The van der Waals surface area contributed by atoms with Crippen molar-refractivity contribution in [3.05, 3.63) is 41.7 Å². The van der Waals surface area contributed by atoms with E-state index in [1.807, 2.05) is 24.0 Å². The summed E-state index contributed by atoms with van der Waals surface area (Å²) in [5, 5.41) is 7.67. The Bertz CT molecular complexity index is 477. The molecule has 2 aromatic heterocycles. The Morgan fingerprint density at radius 2 is 2.29 bits per heavy atom. The van der Waals surface area contributed by atoms with E-state index in [1.54, 1.807) is 12.5 Å². The molecule has 0 radical (unpaired) electrons. The van der Waals surface area contributed by atoms with Crippen molar-refractivity contribution in [2.24, 2.45) is 7.05 Å². The molecule has 1 N–H and O–H groups in total. The molecule has 0 aliphatic rings. The molecule has 1 atom stereocenters. The predicted molar refractivity (Wildman–Crippen MR) is 65.2 cm³/mol. The van der Waals surface area contributed by atoms with Crippen LogP contribution in [-0.2, 0) is 13.6 Å². The van der Waals surface area contributed by atoms with Gasteiger partial charge in [-0.2, -0.15) is 5.10 Å². The van der Waals surface area contributed by atoms with Gasteiger partial charge in [-0.15, -0.1) is 0 Å². The molecule has 0 fully saturated rings. The van der Waals surface area contributed by atoms with E-state index >= 15 is 0 Å². The normalized spacial score (nSPS) is 12.6. The molecule has 5 heteroatoms. The highest BCUT2D eigenvalue weighted by atomic mass is 15.3. The van der Waals surface area contributed by atoms with Gasteiger partial charge in [-0.05, 0) is 19.9 Å². The molecule has 2 heterocycles. The zero-order valence-corrected chi connectivity index (χ0v) is 10.4. The predicted octanol–water partition coefficient (Wildman–Crippen LogP) is 1.37. The van der Waals surface area contributed by atoms with Gasteiger partial charge in [0.2, 0.25) is 0 Å². The van der Waals surface area contributed by atoms with Gasteiger partial charge in [0.1, 0.15) is 6.33 Å². The zero-order valence-electron chi connectivity index (χ0n) is 10.4. The largest absolute Gasteiger partial charge is 0.304 e. The lowest BCUT2D eigenvalue weighted by Crippen LogP contribution is -2.19. The standard InChI is InChI=1S/C12H17N5/c1-9(12-7-16-17(3)10(12)2)14-6-11-4-5-13-8-15-11/h4-5,7-9,14H,6H2,1-3H3. The smallest absolute Gasteiger partial charge is 0.115 e. The van der Waals surface area contributed by atoms with Crippen LogP contribution in [0.4, 0.5) is 0 Å². The van der Waals surface area contributed by atoms with E-state index in [9.17, 15) is 0 Å². The zero-order chi connectivity index (χ0) is 12.3. The number of rotatable bonds is 4. The van der Waals surface area contributed by atoms with Crippen molar-refractivity contribution < 1.29 is 0 Å². The Morgan fingerprint density at radius 3 is 2.88 bits per heavy atom. The first-order valence-corrected chi connectivity index (χ1v) is 5.65. The molecular formula is C12H17N5. The molecule has 0 aromatic carbocycles. The van der Waals surface area contributed by atoms with E-state index in [-0.39, 0.29) is 6.04 Å². The summed E-state index contributed by atoms with van der Waals surface area (Å²) in [6.07, 6.45) is 5.23. The van der Waals surface area contributed by atoms with Gasteiger partial charge in [0.05, 0.1) is 11.9 Å². The Morgan fingerprint density at radius 1 is 1.47 bits per heavy atom. The summed E-state index contributed by atoms with van der Waals surface area (Å²) in [5.41, 5.74) is 3.41. The first-order valence-electron chi connectivity index (χ1n) is 5.65. The lowest BCUT2D eigenvalue weighted by Gasteiger charge is -2.13. The number of nitrogens with one attached hydrogen (secondary N) is 1. The van der Waals surface area contributed by atoms with Crippen LogP contribution >= 0.6 is 0 Å². The van der Waals surface area contributed by atoms with Gasteiger partial charge in [-0.3, -0.25) is 4.68 Å². The Balaban J connectivity index is 1.98. The molecule has 0 bridgehead atoms. The number of nitrogens with zero attached hydrogens (tertiary/aromatic N) is 4. The highest BCUT2D eigenvalue weighted by Gasteiger charge is 2.11. The van der Waals surface area contributed by atoms with Crippen LogP contribution in [0.15, 0.2) is 24.8 Å². The quantitative estimate of drug-likeness (QED) is 0.863. The fourth-order valence-corrected chi connectivity index (χ4v) is 1.73. The minimum Gasteiger partial charge on any atom is -0.304 e. The first kappa shape index (κ1) is 11.7. The topological polar surface area (TPSA) is 55.6 Å². The number of hydrogen-bond donors (Lipinski definition) is 1. The van der Waals surface area contributed by atoms with E-state index in [0.717, 1.165) is 12.2 Å². The van der Waals surface area contributed by atoms with Gasteiger partial charge in [0, 0.05) is 37.1 Å². The van der Waals surface area contributed by atoms with Gasteiger partial charge >= 0.3 is 0 Å². The minimum absolute atomic E-state index is 0.263. The molecular weight excluding hydrogens is 214 g/mol. The Labute approximate surface area is 101 Å². The maximum atomic E-state index is 4.24. The third-order valence-electron chi connectivity index (χ3n) is 2.97. The Hall–Kier alpha value is -1.75. The van der Waals surface area contributed by atoms with Gasteiger partial charge in [-0.25, -0.2) is 9.97 Å². The molecule has 2 aromatic rings. The molecule has 0 aliphatic carbocycles. The molecule has 0 spiro atoms. The minimum atomic E-state index is 0.263. The Kier molecular flexibility index (Phi) is 3.49. The van der Waals surface area contributed by atoms with Crippen molar-refractivity contribution in [3.8, 4) is 0 Å². The maximum Gasteiger partial charge on any atom is 0.115 e. The van der Waals surface area contributed by atoms with Gasteiger partial charge < -0.3 is 5.32 Å². The highest BCUT2D eigenvalue weighted by molar-refractivity contribution is 5.19. The fourth-order valence-electron chi connectivity index (χ4n) is 1.73. The van der Waals surface area contributed by atoms with Crippen LogP contribution in [0, 0.1) is 6.92 Å². The molecule has 17 heavy (non-hydrogen) atoms. The van der Waals surface area contributed by atoms with Crippen LogP contribution in [0.3, 0.4) is 0 Å². The second-order valence-corrected chi connectivity index (χ2v) is 4.11. The summed E-state index contributed by atoms with van der Waals surface area (Å²) in [5.74, 6) is 0. The van der Waals surface area contributed by atoms with Gasteiger partial charge in [0.25, 0.3) is 0 Å². The fraction of sp³-hybridized carbons (Fsp3) is 0.417. The number of aromatic nitrogens is 4. The summed E-state index contributed by atoms with van der Waals surface area (Å²) >= 11 is 0. The van der Waals surface area contributed by atoms with Crippen molar-refractivity contribution in [1.82, 2.24) is 25.1 Å². The summed E-state index contributed by atoms with van der Waals surface area (Å²) in [4.78, 5) is 8.07. The molecule has 0 aliphatic heterocycles. The van der Waals surface area contributed by atoms with Crippen LogP contribution in [0.1, 0.15) is 29.9 Å². The van der Waals surface area contributed by atoms with Gasteiger partial charge in [0.15, 0.2) is 0 Å². The monoisotopic (exact) mass is 231 g/mol. The van der Waals surface area contributed by atoms with Crippen molar-refractivity contribution in [2.45, 2.75) is 26.4 Å². The number of aryl methyl sites for hydroxylation is 1. The van der Waals surface area contributed by atoms with E-state index < -0.39 is 0 Å². The van der Waals surface area contributed by atoms with E-state index in [0.29, 0.717) is 0 Å². The molecule has 0 saturated carbocycles. The summed E-state index contributed by atoms with van der Waals surface area (Å²) in [6.45, 7) is 4.94. The molecule has 1 unspecified atom stereocenters. The van der Waals surface area contributed by atoms with Crippen LogP contribution in [0.2, 0.25) is 0 Å². The van der Waals surface area contributed by atoms with E-state index in [2.05, 4.69) is 34.2 Å². The summed E-state index contributed by atoms with van der Waals surface area (Å²) < 4.78 is 1.89. The van der Waals surface area contributed by atoms with Crippen LogP contribution in [0.5, 0.6) is 0 Å². The van der Waals surface area contributed by atoms with Crippen LogP contribution in [0.25, 0.3) is 0 Å². The van der Waals surface area contributed by atoms with Crippen molar-refractivity contribution in [2.75, 3.05) is 0 Å². The van der Waals surface area contributed by atoms with Crippen molar-refractivity contribution in [3.63, 3.8) is 0 Å². The van der Waals surface area contributed by atoms with Crippen LogP contribution < -0.4 is 5.32 Å². The van der Waals surface area contributed by atoms with Crippen molar-refractivity contribution >= 4 is 0 Å². The highest BCUT2D eigenvalue weighted by Crippen LogP contribution is 2.16. The van der Waals surface area contributed by atoms with E-state index in [4.69, 9.17) is 0 Å².